The zero-order valence-corrected chi connectivity index (χ0v) is 14.0. The summed E-state index contributed by atoms with van der Waals surface area (Å²) in [6.45, 7) is 5.41. The van der Waals surface area contributed by atoms with Gasteiger partial charge in [0.25, 0.3) is 0 Å². The molecule has 1 aromatic carbocycles. The van der Waals surface area contributed by atoms with Gasteiger partial charge in [0.15, 0.2) is 11.5 Å². The number of anilines is 1. The molecule has 0 aliphatic heterocycles. The molecule has 0 fully saturated rings. The molecular formula is C14H20BrNO4. The molecule has 0 aromatic heterocycles. The van der Waals surface area contributed by atoms with Gasteiger partial charge < -0.3 is 14.2 Å². The molecule has 0 atom stereocenters. The van der Waals surface area contributed by atoms with E-state index in [0.717, 1.165) is 5.56 Å². The number of ether oxygens (including phenoxy) is 3. The van der Waals surface area contributed by atoms with Crippen molar-refractivity contribution in [1.82, 2.24) is 0 Å². The van der Waals surface area contributed by atoms with Crippen LogP contribution in [0, 0.1) is 0 Å². The molecule has 0 aliphatic rings. The lowest BCUT2D eigenvalue weighted by atomic mass is 10.2. The van der Waals surface area contributed by atoms with Gasteiger partial charge in [-0.25, -0.2) is 4.79 Å². The first-order valence-corrected chi connectivity index (χ1v) is 7.23. The maximum absolute atomic E-state index is 11.9. The Morgan fingerprint density at radius 3 is 2.35 bits per heavy atom. The summed E-state index contributed by atoms with van der Waals surface area (Å²) in [5.41, 5.74) is 0.901. The van der Waals surface area contributed by atoms with Gasteiger partial charge in [-0.3, -0.25) is 5.32 Å². The average molecular weight is 346 g/mol. The fourth-order valence-electron chi connectivity index (χ4n) is 1.61. The highest BCUT2D eigenvalue weighted by atomic mass is 79.9. The van der Waals surface area contributed by atoms with Crippen LogP contribution in [0.5, 0.6) is 11.5 Å². The summed E-state index contributed by atoms with van der Waals surface area (Å²) in [7, 11) is 3.07. The van der Waals surface area contributed by atoms with E-state index in [-0.39, 0.29) is 0 Å². The van der Waals surface area contributed by atoms with E-state index in [2.05, 4.69) is 21.2 Å². The van der Waals surface area contributed by atoms with Crippen molar-refractivity contribution in [2.45, 2.75) is 31.7 Å². The summed E-state index contributed by atoms with van der Waals surface area (Å²) in [5, 5.41) is 3.32. The van der Waals surface area contributed by atoms with Gasteiger partial charge in [-0.15, -0.1) is 0 Å². The van der Waals surface area contributed by atoms with Crippen LogP contribution in [0.25, 0.3) is 0 Å². The van der Waals surface area contributed by atoms with Crippen LogP contribution in [0.15, 0.2) is 12.1 Å². The van der Waals surface area contributed by atoms with E-state index in [9.17, 15) is 4.79 Å². The van der Waals surface area contributed by atoms with Gasteiger partial charge in [0.05, 0.1) is 19.9 Å². The number of hydrogen-bond donors (Lipinski definition) is 1. The predicted molar refractivity (Wildman–Crippen MR) is 82.0 cm³/mol. The number of methoxy groups -OCH3 is 2. The van der Waals surface area contributed by atoms with E-state index in [4.69, 9.17) is 14.2 Å². The molecule has 112 valence electrons. The number of halogens is 1. The second-order valence-electron chi connectivity index (χ2n) is 5.14. The molecule has 5 nitrogen and oxygen atoms in total. The van der Waals surface area contributed by atoms with Gasteiger partial charge in [0.1, 0.15) is 5.60 Å². The molecule has 0 saturated carbocycles. The Bertz CT molecular complexity index is 483. The third kappa shape index (κ3) is 4.59. The van der Waals surface area contributed by atoms with Crippen LogP contribution in [0.2, 0.25) is 0 Å². The van der Waals surface area contributed by atoms with E-state index in [1.165, 1.54) is 7.11 Å². The lowest BCUT2D eigenvalue weighted by Gasteiger charge is -2.21. The molecule has 6 heteroatoms. The Balaban J connectivity index is 3.06. The van der Waals surface area contributed by atoms with Crippen LogP contribution < -0.4 is 14.8 Å². The SMILES string of the molecule is COc1cc(CBr)cc(NC(=O)OC(C)(C)C)c1OC. The highest BCUT2D eigenvalue weighted by Gasteiger charge is 2.19. The summed E-state index contributed by atoms with van der Waals surface area (Å²) in [5.74, 6) is 1.01. The second-order valence-corrected chi connectivity index (χ2v) is 5.70. The van der Waals surface area contributed by atoms with E-state index >= 15 is 0 Å². The largest absolute Gasteiger partial charge is 0.493 e. The third-order valence-electron chi connectivity index (χ3n) is 2.33. The summed E-state index contributed by atoms with van der Waals surface area (Å²) >= 11 is 3.38. The van der Waals surface area contributed by atoms with E-state index < -0.39 is 11.7 Å². The molecule has 20 heavy (non-hydrogen) atoms. The molecule has 0 heterocycles. The highest BCUT2D eigenvalue weighted by molar-refractivity contribution is 9.08. The molecule has 0 radical (unpaired) electrons. The molecule has 0 aliphatic carbocycles. The van der Waals surface area contributed by atoms with Gasteiger partial charge in [-0.05, 0) is 38.5 Å². The highest BCUT2D eigenvalue weighted by Crippen LogP contribution is 2.37. The number of rotatable bonds is 4. The van der Waals surface area contributed by atoms with Gasteiger partial charge in [0, 0.05) is 5.33 Å². The first-order valence-electron chi connectivity index (χ1n) is 6.11. The number of alkyl halides is 1. The van der Waals surface area contributed by atoms with Gasteiger partial charge in [0.2, 0.25) is 0 Å². The normalized spacial score (nSPS) is 10.9. The van der Waals surface area contributed by atoms with Crippen molar-refractivity contribution in [2.75, 3.05) is 19.5 Å². The van der Waals surface area contributed by atoms with Crippen molar-refractivity contribution in [3.8, 4) is 11.5 Å². The number of carbonyl (C=O) groups excluding carboxylic acids is 1. The summed E-state index contributed by atoms with van der Waals surface area (Å²) in [4.78, 5) is 11.9. The molecule has 0 bridgehead atoms. The van der Waals surface area contributed by atoms with E-state index in [0.29, 0.717) is 22.5 Å². The second kappa shape index (κ2) is 6.83. The van der Waals surface area contributed by atoms with Gasteiger partial charge >= 0.3 is 6.09 Å². The molecule has 1 rings (SSSR count). The molecule has 0 saturated heterocycles. The molecule has 1 amide bonds. The minimum absolute atomic E-state index is 0.461. The zero-order valence-electron chi connectivity index (χ0n) is 12.4. The lowest BCUT2D eigenvalue weighted by molar-refractivity contribution is 0.0635. The van der Waals surface area contributed by atoms with E-state index in [1.807, 2.05) is 6.07 Å². The topological polar surface area (TPSA) is 56.8 Å². The van der Waals surface area contributed by atoms with Crippen molar-refractivity contribution < 1.29 is 19.0 Å². The van der Waals surface area contributed by atoms with Crippen LogP contribution >= 0.6 is 15.9 Å². The average Bonchev–Trinajstić information content (AvgIpc) is 2.35. The fourth-order valence-corrected chi connectivity index (χ4v) is 1.93. The van der Waals surface area contributed by atoms with Crippen molar-refractivity contribution in [2.24, 2.45) is 0 Å². The van der Waals surface area contributed by atoms with Crippen molar-refractivity contribution in [3.05, 3.63) is 17.7 Å². The molecule has 1 N–H and O–H groups in total. The maximum Gasteiger partial charge on any atom is 0.412 e. The quantitative estimate of drug-likeness (QED) is 0.839. The monoisotopic (exact) mass is 345 g/mol. The Kier molecular flexibility index (Phi) is 5.68. The van der Waals surface area contributed by atoms with Crippen molar-refractivity contribution in [3.63, 3.8) is 0 Å². The summed E-state index contributed by atoms with van der Waals surface area (Å²) in [6, 6.07) is 3.65. The minimum Gasteiger partial charge on any atom is -0.493 e. The first kappa shape index (κ1) is 16.6. The molecule has 0 spiro atoms. The Morgan fingerprint density at radius 2 is 1.90 bits per heavy atom. The molecule has 0 unspecified atom stereocenters. The van der Waals surface area contributed by atoms with Crippen LogP contribution in [0.4, 0.5) is 10.5 Å². The number of carbonyl (C=O) groups is 1. The van der Waals surface area contributed by atoms with E-state index in [1.54, 1.807) is 33.9 Å². The number of nitrogens with one attached hydrogen (secondary N) is 1. The summed E-state index contributed by atoms with van der Waals surface area (Å²) in [6.07, 6.45) is -0.537. The van der Waals surface area contributed by atoms with Crippen LogP contribution in [-0.4, -0.2) is 25.9 Å². The van der Waals surface area contributed by atoms with Gasteiger partial charge in [-0.2, -0.15) is 0 Å². The standard InChI is InChI=1S/C14H20BrNO4/c1-14(2,3)20-13(17)16-10-6-9(8-15)7-11(18-4)12(10)19-5/h6-7H,8H2,1-5H3,(H,16,17). The number of hydrogen-bond acceptors (Lipinski definition) is 4. The van der Waals surface area contributed by atoms with Gasteiger partial charge in [-0.1, -0.05) is 15.9 Å². The number of amides is 1. The zero-order chi connectivity index (χ0) is 15.3. The first-order chi connectivity index (χ1) is 9.30. The summed E-state index contributed by atoms with van der Waals surface area (Å²) < 4.78 is 15.8. The third-order valence-corrected chi connectivity index (χ3v) is 2.98. The van der Waals surface area contributed by atoms with Crippen LogP contribution in [0.3, 0.4) is 0 Å². The minimum atomic E-state index is -0.561. The van der Waals surface area contributed by atoms with Crippen LogP contribution in [-0.2, 0) is 10.1 Å². The van der Waals surface area contributed by atoms with Crippen molar-refractivity contribution in [1.29, 1.82) is 0 Å². The maximum atomic E-state index is 11.9. The molecule has 1 aromatic rings. The fraction of sp³-hybridized carbons (Fsp3) is 0.500. The Morgan fingerprint density at radius 1 is 1.25 bits per heavy atom. The molecular weight excluding hydrogens is 326 g/mol. The smallest absolute Gasteiger partial charge is 0.412 e. The Labute approximate surface area is 127 Å². The van der Waals surface area contributed by atoms with Crippen LogP contribution in [0.1, 0.15) is 26.3 Å². The predicted octanol–water partition coefficient (Wildman–Crippen LogP) is 3.95. The van der Waals surface area contributed by atoms with Crippen molar-refractivity contribution >= 4 is 27.7 Å². The number of benzene rings is 1. The Hall–Kier alpha value is -1.43. The lowest BCUT2D eigenvalue weighted by Crippen LogP contribution is -2.27.